The summed E-state index contributed by atoms with van der Waals surface area (Å²) in [5.41, 5.74) is 1.51. The lowest BCUT2D eigenvalue weighted by atomic mass is 10.1. The first-order valence-electron chi connectivity index (χ1n) is 5.62. The first-order valence-corrected chi connectivity index (χ1v) is 5.62. The lowest BCUT2D eigenvalue weighted by Crippen LogP contribution is -1.95. The van der Waals surface area contributed by atoms with Crippen LogP contribution in [0.1, 0.15) is 0 Å². The number of aromatic amines is 1. The average Bonchev–Trinajstić information content (AvgIpc) is 2.94. The van der Waals surface area contributed by atoms with E-state index < -0.39 is 0 Å². The van der Waals surface area contributed by atoms with Crippen LogP contribution in [0.4, 0.5) is 0 Å². The van der Waals surface area contributed by atoms with Crippen LogP contribution in [0.25, 0.3) is 11.3 Å². The van der Waals surface area contributed by atoms with Crippen LogP contribution in [0.3, 0.4) is 0 Å². The number of H-pyrrole nitrogens is 1. The molecule has 1 N–H and O–H groups in total. The number of benzene rings is 1. The number of rotatable bonds is 5. The lowest BCUT2D eigenvalue weighted by Gasteiger charge is -2.13. The number of imidazole rings is 1. The van der Waals surface area contributed by atoms with Gasteiger partial charge in [-0.1, -0.05) is 0 Å². The van der Waals surface area contributed by atoms with Crippen LogP contribution in [0.15, 0.2) is 18.3 Å². The van der Waals surface area contributed by atoms with Gasteiger partial charge in [0.1, 0.15) is 17.2 Å². The van der Waals surface area contributed by atoms with E-state index in [0.29, 0.717) is 23.3 Å². The van der Waals surface area contributed by atoms with Gasteiger partial charge in [0.05, 0.1) is 45.9 Å². The second-order valence-electron chi connectivity index (χ2n) is 3.71. The Kier molecular flexibility index (Phi) is 3.79. The molecule has 0 radical (unpaired) electrons. The molecule has 0 atom stereocenters. The normalized spacial score (nSPS) is 10.1. The molecule has 0 bridgehead atoms. The third-order valence-electron chi connectivity index (χ3n) is 2.73. The minimum absolute atomic E-state index is 0.426. The van der Waals surface area contributed by atoms with Gasteiger partial charge >= 0.3 is 0 Å². The predicted molar refractivity (Wildman–Crippen MR) is 70.2 cm³/mol. The zero-order valence-corrected chi connectivity index (χ0v) is 11.3. The fourth-order valence-corrected chi connectivity index (χ4v) is 1.80. The van der Waals surface area contributed by atoms with E-state index in [1.165, 1.54) is 0 Å². The molecule has 0 unspecified atom stereocenters. The number of ether oxygens (including phenoxy) is 4. The Morgan fingerprint density at radius 1 is 0.895 bits per heavy atom. The number of hydrogen-bond acceptors (Lipinski definition) is 5. The van der Waals surface area contributed by atoms with Gasteiger partial charge < -0.3 is 23.9 Å². The van der Waals surface area contributed by atoms with Gasteiger partial charge in [0.15, 0.2) is 0 Å². The Balaban J connectivity index is 2.59. The summed E-state index contributed by atoms with van der Waals surface area (Å²) in [5.74, 6) is 1.91. The minimum atomic E-state index is 0.426. The van der Waals surface area contributed by atoms with Crippen molar-refractivity contribution in [1.29, 1.82) is 0 Å². The van der Waals surface area contributed by atoms with E-state index in [0.717, 1.165) is 11.3 Å². The van der Waals surface area contributed by atoms with Crippen molar-refractivity contribution in [1.82, 2.24) is 9.97 Å². The van der Waals surface area contributed by atoms with Gasteiger partial charge in [-0.25, -0.2) is 4.98 Å². The first-order chi connectivity index (χ1) is 9.23. The SMILES string of the molecule is COc1cc(OC)c(-c2cnc(OC)[nH]2)c(OC)c1. The molecule has 0 fully saturated rings. The molecule has 0 spiro atoms. The number of nitrogens with zero attached hydrogens (tertiary/aromatic N) is 1. The van der Waals surface area contributed by atoms with Gasteiger partial charge in [0.2, 0.25) is 0 Å². The van der Waals surface area contributed by atoms with E-state index in [1.54, 1.807) is 46.8 Å². The van der Waals surface area contributed by atoms with Crippen molar-refractivity contribution in [3.63, 3.8) is 0 Å². The summed E-state index contributed by atoms with van der Waals surface area (Å²) in [6.45, 7) is 0. The third kappa shape index (κ3) is 2.42. The maximum Gasteiger partial charge on any atom is 0.293 e. The Hall–Kier alpha value is -2.37. The van der Waals surface area contributed by atoms with Crippen LogP contribution in [-0.2, 0) is 0 Å². The van der Waals surface area contributed by atoms with E-state index in [-0.39, 0.29) is 0 Å². The molecule has 19 heavy (non-hydrogen) atoms. The number of methoxy groups -OCH3 is 4. The molecule has 6 nitrogen and oxygen atoms in total. The molecule has 2 rings (SSSR count). The topological polar surface area (TPSA) is 65.6 Å². The van der Waals surface area contributed by atoms with Gasteiger partial charge in [-0.2, -0.15) is 0 Å². The first kappa shape index (κ1) is 13.1. The Bertz CT molecular complexity index is 541. The van der Waals surface area contributed by atoms with Crippen molar-refractivity contribution in [2.24, 2.45) is 0 Å². The van der Waals surface area contributed by atoms with Gasteiger partial charge in [0.25, 0.3) is 6.01 Å². The number of hydrogen-bond donors (Lipinski definition) is 1. The highest BCUT2D eigenvalue weighted by molar-refractivity contribution is 5.75. The predicted octanol–water partition coefficient (Wildman–Crippen LogP) is 2.11. The highest BCUT2D eigenvalue weighted by Crippen LogP contribution is 2.41. The summed E-state index contributed by atoms with van der Waals surface area (Å²) >= 11 is 0. The summed E-state index contributed by atoms with van der Waals surface area (Å²) in [6, 6.07) is 3.99. The molecular weight excluding hydrogens is 248 g/mol. The van der Waals surface area contributed by atoms with Crippen LogP contribution in [0.5, 0.6) is 23.3 Å². The third-order valence-corrected chi connectivity index (χ3v) is 2.73. The van der Waals surface area contributed by atoms with Crippen LogP contribution in [0.2, 0.25) is 0 Å². The van der Waals surface area contributed by atoms with Crippen molar-refractivity contribution in [2.45, 2.75) is 0 Å². The molecular formula is C13H16N2O4. The van der Waals surface area contributed by atoms with Crippen molar-refractivity contribution in [2.75, 3.05) is 28.4 Å². The van der Waals surface area contributed by atoms with Crippen LogP contribution in [-0.4, -0.2) is 38.4 Å². The maximum absolute atomic E-state index is 5.38. The van der Waals surface area contributed by atoms with Crippen LogP contribution in [0, 0.1) is 0 Å². The highest BCUT2D eigenvalue weighted by atomic mass is 16.5. The summed E-state index contributed by atoms with van der Waals surface area (Å²) in [4.78, 5) is 7.12. The minimum Gasteiger partial charge on any atom is -0.496 e. The van der Waals surface area contributed by atoms with E-state index in [4.69, 9.17) is 18.9 Å². The molecule has 0 saturated carbocycles. The monoisotopic (exact) mass is 264 g/mol. The Morgan fingerprint density at radius 2 is 1.53 bits per heavy atom. The zero-order chi connectivity index (χ0) is 13.8. The average molecular weight is 264 g/mol. The molecule has 2 aromatic rings. The highest BCUT2D eigenvalue weighted by Gasteiger charge is 2.17. The molecule has 1 aromatic carbocycles. The summed E-state index contributed by atoms with van der Waals surface area (Å²) in [6.07, 6.45) is 1.66. The smallest absolute Gasteiger partial charge is 0.293 e. The molecule has 1 aromatic heterocycles. The van der Waals surface area contributed by atoms with E-state index in [2.05, 4.69) is 9.97 Å². The van der Waals surface area contributed by atoms with E-state index >= 15 is 0 Å². The largest absolute Gasteiger partial charge is 0.496 e. The van der Waals surface area contributed by atoms with Crippen LogP contribution >= 0.6 is 0 Å². The van der Waals surface area contributed by atoms with E-state index in [1.807, 2.05) is 0 Å². The fraction of sp³-hybridized carbons (Fsp3) is 0.308. The van der Waals surface area contributed by atoms with Gasteiger partial charge in [-0.15, -0.1) is 0 Å². The maximum atomic E-state index is 5.38. The van der Waals surface area contributed by atoms with Gasteiger partial charge in [-0.3, -0.25) is 0 Å². The molecule has 0 aliphatic rings. The van der Waals surface area contributed by atoms with Crippen molar-refractivity contribution < 1.29 is 18.9 Å². The lowest BCUT2D eigenvalue weighted by molar-refractivity contribution is 0.376. The molecule has 0 saturated heterocycles. The number of nitrogens with one attached hydrogen (secondary N) is 1. The standard InChI is InChI=1S/C13H16N2O4/c1-16-8-5-10(17-2)12(11(6-8)18-3)9-7-14-13(15-9)19-4/h5-7H,1-4H3,(H,14,15). The summed E-state index contributed by atoms with van der Waals surface area (Å²) in [5, 5.41) is 0. The summed E-state index contributed by atoms with van der Waals surface area (Å²) in [7, 11) is 6.31. The zero-order valence-electron chi connectivity index (χ0n) is 11.3. The molecule has 0 aliphatic heterocycles. The van der Waals surface area contributed by atoms with E-state index in [9.17, 15) is 0 Å². The molecule has 6 heteroatoms. The van der Waals surface area contributed by atoms with Gasteiger partial charge in [0, 0.05) is 12.1 Å². The van der Waals surface area contributed by atoms with Crippen molar-refractivity contribution in [3.8, 4) is 34.5 Å². The second-order valence-corrected chi connectivity index (χ2v) is 3.71. The second kappa shape index (κ2) is 5.51. The molecule has 0 aliphatic carbocycles. The van der Waals surface area contributed by atoms with Crippen molar-refractivity contribution in [3.05, 3.63) is 18.3 Å². The fourth-order valence-electron chi connectivity index (χ4n) is 1.80. The van der Waals surface area contributed by atoms with Crippen LogP contribution < -0.4 is 18.9 Å². The Labute approximate surface area is 111 Å². The van der Waals surface area contributed by atoms with Crippen molar-refractivity contribution >= 4 is 0 Å². The Morgan fingerprint density at radius 3 is 1.95 bits per heavy atom. The quantitative estimate of drug-likeness (QED) is 0.896. The van der Waals surface area contributed by atoms with Gasteiger partial charge in [-0.05, 0) is 0 Å². The molecule has 0 amide bonds. The number of aromatic nitrogens is 2. The molecule has 1 heterocycles. The molecule has 102 valence electrons. The summed E-state index contributed by atoms with van der Waals surface area (Å²) < 4.78 is 21.0.